The second-order valence-corrected chi connectivity index (χ2v) is 6.39. The Balaban J connectivity index is 1.78. The summed E-state index contributed by atoms with van der Waals surface area (Å²) in [6.07, 6.45) is 3.94. The van der Waals surface area contributed by atoms with Crippen molar-refractivity contribution in [2.24, 2.45) is 5.92 Å². The Hall–Kier alpha value is -2.22. The van der Waals surface area contributed by atoms with E-state index in [1.165, 1.54) is 0 Å². The van der Waals surface area contributed by atoms with Gasteiger partial charge in [0.25, 0.3) is 0 Å². The summed E-state index contributed by atoms with van der Waals surface area (Å²) in [7, 11) is 0. The Morgan fingerprint density at radius 1 is 1.00 bits per heavy atom. The second kappa shape index (κ2) is 7.36. The largest absolute Gasteiger partial charge is 0.299 e. The molecule has 1 aliphatic carbocycles. The van der Waals surface area contributed by atoms with E-state index >= 15 is 0 Å². The zero-order valence-corrected chi connectivity index (χ0v) is 13.3. The lowest BCUT2D eigenvalue weighted by molar-refractivity contribution is -0.120. The Bertz CT molecular complexity index is 661. The number of hydrogen-bond acceptors (Lipinski definition) is 2. The zero-order valence-electron chi connectivity index (χ0n) is 13.3. The first-order chi connectivity index (χ1) is 11.2. The maximum Gasteiger partial charge on any atom is 0.163 e. The Morgan fingerprint density at radius 3 is 2.26 bits per heavy atom. The molecule has 1 aliphatic rings. The van der Waals surface area contributed by atoms with Gasteiger partial charge in [-0.15, -0.1) is 0 Å². The lowest BCUT2D eigenvalue weighted by Crippen LogP contribution is -2.15. The molecular formula is C21H22O2. The van der Waals surface area contributed by atoms with E-state index in [0.717, 1.165) is 30.4 Å². The van der Waals surface area contributed by atoms with Gasteiger partial charge in [0.2, 0.25) is 0 Å². The third-order valence-electron chi connectivity index (χ3n) is 4.80. The predicted octanol–water partition coefficient (Wildman–Crippen LogP) is 4.80. The van der Waals surface area contributed by atoms with Crippen molar-refractivity contribution < 1.29 is 9.59 Å². The van der Waals surface area contributed by atoms with Gasteiger partial charge in [-0.05, 0) is 30.7 Å². The number of hydrogen-bond donors (Lipinski definition) is 0. The third kappa shape index (κ3) is 3.95. The Kier molecular flexibility index (Phi) is 5.02. The molecule has 2 aromatic carbocycles. The van der Waals surface area contributed by atoms with Crippen LogP contribution in [0.2, 0.25) is 0 Å². The van der Waals surface area contributed by atoms with Crippen LogP contribution in [0.4, 0.5) is 0 Å². The molecule has 2 atom stereocenters. The van der Waals surface area contributed by atoms with Gasteiger partial charge in [-0.25, -0.2) is 0 Å². The van der Waals surface area contributed by atoms with Gasteiger partial charge in [-0.3, -0.25) is 9.59 Å². The quantitative estimate of drug-likeness (QED) is 0.718. The van der Waals surface area contributed by atoms with Crippen LogP contribution in [-0.2, 0) is 4.79 Å². The molecule has 2 heteroatoms. The number of carbonyl (C=O) groups is 2. The smallest absolute Gasteiger partial charge is 0.163 e. The molecule has 0 amide bonds. The monoisotopic (exact) mass is 306 g/mol. The summed E-state index contributed by atoms with van der Waals surface area (Å²) >= 11 is 0. The van der Waals surface area contributed by atoms with E-state index in [4.69, 9.17) is 0 Å². The molecule has 23 heavy (non-hydrogen) atoms. The van der Waals surface area contributed by atoms with Crippen molar-refractivity contribution in [2.45, 2.75) is 38.0 Å². The third-order valence-corrected chi connectivity index (χ3v) is 4.80. The van der Waals surface area contributed by atoms with Crippen LogP contribution in [0.25, 0.3) is 0 Å². The second-order valence-electron chi connectivity index (χ2n) is 6.39. The van der Waals surface area contributed by atoms with E-state index in [2.05, 4.69) is 12.1 Å². The molecule has 0 bridgehead atoms. The predicted molar refractivity (Wildman–Crippen MR) is 91.5 cm³/mol. The van der Waals surface area contributed by atoms with E-state index < -0.39 is 0 Å². The van der Waals surface area contributed by atoms with E-state index in [9.17, 15) is 9.59 Å². The number of ketones is 2. The number of Topliss-reactive ketones (excluding diaryl/α,β-unsaturated/α-hetero) is 2. The molecule has 2 aromatic rings. The first-order valence-corrected chi connectivity index (χ1v) is 8.40. The standard InChI is InChI=1S/C21H22O2/c22-20-13-7-12-18(20)14-19(16-8-3-1-4-9-16)15-21(23)17-10-5-2-6-11-17/h1-6,8-11,18-19H,7,12-15H2. The van der Waals surface area contributed by atoms with Crippen LogP contribution in [0.3, 0.4) is 0 Å². The van der Waals surface area contributed by atoms with Crippen molar-refractivity contribution in [3.8, 4) is 0 Å². The van der Waals surface area contributed by atoms with Crippen LogP contribution in [-0.4, -0.2) is 11.6 Å². The van der Waals surface area contributed by atoms with E-state index in [0.29, 0.717) is 18.6 Å². The fourth-order valence-electron chi connectivity index (χ4n) is 3.51. The topological polar surface area (TPSA) is 34.1 Å². The van der Waals surface area contributed by atoms with Gasteiger partial charge < -0.3 is 0 Å². The summed E-state index contributed by atoms with van der Waals surface area (Å²) in [6, 6.07) is 19.6. The van der Waals surface area contributed by atoms with Crippen LogP contribution < -0.4 is 0 Å². The lowest BCUT2D eigenvalue weighted by atomic mass is 9.83. The fourth-order valence-corrected chi connectivity index (χ4v) is 3.51. The molecule has 0 spiro atoms. The van der Waals surface area contributed by atoms with Crippen molar-refractivity contribution in [3.05, 3.63) is 71.8 Å². The molecule has 0 aromatic heterocycles. The van der Waals surface area contributed by atoms with Gasteiger partial charge in [-0.2, -0.15) is 0 Å². The molecule has 3 rings (SSSR count). The minimum absolute atomic E-state index is 0.121. The van der Waals surface area contributed by atoms with E-state index in [1.54, 1.807) is 0 Å². The Morgan fingerprint density at radius 2 is 1.65 bits per heavy atom. The van der Waals surface area contributed by atoms with Gasteiger partial charge in [0.05, 0.1) is 0 Å². The van der Waals surface area contributed by atoms with Gasteiger partial charge >= 0.3 is 0 Å². The van der Waals surface area contributed by atoms with Crippen LogP contribution in [0, 0.1) is 5.92 Å². The Labute approximate surface area is 137 Å². The van der Waals surface area contributed by atoms with Crippen LogP contribution in [0.5, 0.6) is 0 Å². The fraction of sp³-hybridized carbons (Fsp3) is 0.333. The average Bonchev–Trinajstić information content (AvgIpc) is 3.00. The molecule has 0 N–H and O–H groups in total. The first kappa shape index (κ1) is 15.7. The van der Waals surface area contributed by atoms with Crippen molar-refractivity contribution in [3.63, 3.8) is 0 Å². The molecule has 0 heterocycles. The lowest BCUT2D eigenvalue weighted by Gasteiger charge is -2.20. The maximum absolute atomic E-state index is 12.6. The summed E-state index contributed by atoms with van der Waals surface area (Å²) in [6.45, 7) is 0. The van der Waals surface area contributed by atoms with E-state index in [1.807, 2.05) is 48.5 Å². The molecule has 2 nitrogen and oxygen atoms in total. The van der Waals surface area contributed by atoms with Crippen LogP contribution in [0.15, 0.2) is 60.7 Å². The van der Waals surface area contributed by atoms with Gasteiger partial charge in [0, 0.05) is 24.3 Å². The summed E-state index contributed by atoms with van der Waals surface area (Å²) in [5, 5.41) is 0. The molecule has 0 aliphatic heterocycles. The molecule has 2 unspecified atom stereocenters. The van der Waals surface area contributed by atoms with Crippen LogP contribution >= 0.6 is 0 Å². The van der Waals surface area contributed by atoms with Crippen molar-refractivity contribution in [1.29, 1.82) is 0 Å². The molecule has 0 saturated heterocycles. The van der Waals surface area contributed by atoms with Crippen molar-refractivity contribution in [2.75, 3.05) is 0 Å². The normalized spacial score (nSPS) is 18.8. The average molecular weight is 306 g/mol. The van der Waals surface area contributed by atoms with Gasteiger partial charge in [0.1, 0.15) is 5.78 Å². The molecule has 118 valence electrons. The minimum atomic E-state index is 0.121. The number of rotatable bonds is 6. The highest BCUT2D eigenvalue weighted by atomic mass is 16.1. The number of benzene rings is 2. The van der Waals surface area contributed by atoms with Crippen LogP contribution in [0.1, 0.15) is 53.9 Å². The molecule has 0 radical (unpaired) electrons. The van der Waals surface area contributed by atoms with Gasteiger partial charge in [-0.1, -0.05) is 60.7 Å². The highest BCUT2D eigenvalue weighted by Gasteiger charge is 2.29. The maximum atomic E-state index is 12.6. The molecular weight excluding hydrogens is 284 g/mol. The summed E-state index contributed by atoms with van der Waals surface area (Å²) in [5.74, 6) is 0.780. The highest BCUT2D eigenvalue weighted by molar-refractivity contribution is 5.96. The van der Waals surface area contributed by atoms with Crippen molar-refractivity contribution in [1.82, 2.24) is 0 Å². The van der Waals surface area contributed by atoms with Crippen molar-refractivity contribution >= 4 is 11.6 Å². The highest BCUT2D eigenvalue weighted by Crippen LogP contribution is 2.34. The first-order valence-electron chi connectivity index (χ1n) is 8.40. The number of carbonyl (C=O) groups excluding carboxylic acids is 2. The summed E-state index contributed by atoms with van der Waals surface area (Å²) in [5.41, 5.74) is 1.92. The SMILES string of the molecule is O=C(CC(CC1CCCC1=O)c1ccccc1)c1ccccc1. The molecule has 1 saturated carbocycles. The molecule has 1 fully saturated rings. The minimum Gasteiger partial charge on any atom is -0.299 e. The van der Waals surface area contributed by atoms with E-state index in [-0.39, 0.29) is 17.6 Å². The summed E-state index contributed by atoms with van der Waals surface area (Å²) < 4.78 is 0. The summed E-state index contributed by atoms with van der Waals surface area (Å²) in [4.78, 5) is 24.6. The van der Waals surface area contributed by atoms with Gasteiger partial charge in [0.15, 0.2) is 5.78 Å². The zero-order chi connectivity index (χ0) is 16.1.